The number of ether oxygens (including phenoxy) is 1. The molecule has 0 aliphatic carbocycles. The summed E-state index contributed by atoms with van der Waals surface area (Å²) in [6.07, 6.45) is 4.36. The van der Waals surface area contributed by atoms with Crippen LogP contribution in [0.25, 0.3) is 0 Å². The Bertz CT molecular complexity index is 666. The highest BCUT2D eigenvalue weighted by Crippen LogP contribution is 2.26. The van der Waals surface area contributed by atoms with Crippen molar-refractivity contribution in [2.24, 2.45) is 7.05 Å². The van der Waals surface area contributed by atoms with E-state index in [0.717, 1.165) is 0 Å². The standard InChI is InChI=1S/C14H16N3O4/c1-11(12-5-3-4-6-13(12)17(19)20)9-21-14(18)16-8-7-15(2)10-16/h3-8,10-11H,9H2,1-2H3/q+1. The zero-order chi connectivity index (χ0) is 15.4. The second-order valence-corrected chi connectivity index (χ2v) is 4.78. The van der Waals surface area contributed by atoms with Gasteiger partial charge in [-0.3, -0.25) is 10.1 Å². The molecule has 0 saturated carbocycles. The van der Waals surface area contributed by atoms with E-state index in [1.165, 1.54) is 10.6 Å². The van der Waals surface area contributed by atoms with Crippen molar-refractivity contribution in [3.05, 3.63) is 58.7 Å². The highest BCUT2D eigenvalue weighted by atomic mass is 16.6. The SMILES string of the molecule is CC(COC(=O)n1cc[n+](C)c1)c1ccccc1[N+](=O)[O-]. The number of nitro groups is 1. The number of hydrogen-bond acceptors (Lipinski definition) is 4. The third kappa shape index (κ3) is 3.44. The predicted molar refractivity (Wildman–Crippen MR) is 73.9 cm³/mol. The summed E-state index contributed by atoms with van der Waals surface area (Å²) in [4.78, 5) is 22.4. The van der Waals surface area contributed by atoms with Crippen molar-refractivity contribution in [2.45, 2.75) is 12.8 Å². The number of benzene rings is 1. The normalized spacial score (nSPS) is 11.9. The van der Waals surface area contributed by atoms with Crippen LogP contribution in [0.5, 0.6) is 0 Å². The highest BCUT2D eigenvalue weighted by Gasteiger charge is 2.21. The van der Waals surface area contributed by atoms with Gasteiger partial charge in [-0.15, -0.1) is 4.57 Å². The molecule has 1 aromatic carbocycles. The molecule has 1 heterocycles. The fraction of sp³-hybridized carbons (Fsp3) is 0.286. The Hall–Kier alpha value is -2.70. The first-order valence-electron chi connectivity index (χ1n) is 6.42. The average Bonchev–Trinajstić information content (AvgIpc) is 2.91. The maximum absolute atomic E-state index is 11.8. The summed E-state index contributed by atoms with van der Waals surface area (Å²) in [5.41, 5.74) is 0.585. The summed E-state index contributed by atoms with van der Waals surface area (Å²) in [5.74, 6) is -0.264. The van der Waals surface area contributed by atoms with Gasteiger partial charge in [0, 0.05) is 17.5 Å². The third-order valence-corrected chi connectivity index (χ3v) is 3.10. The number of para-hydroxylation sites is 1. The van der Waals surface area contributed by atoms with Gasteiger partial charge in [-0.25, -0.2) is 4.57 Å². The van der Waals surface area contributed by atoms with E-state index in [9.17, 15) is 14.9 Å². The second-order valence-electron chi connectivity index (χ2n) is 4.78. The largest absolute Gasteiger partial charge is 0.511 e. The Labute approximate surface area is 121 Å². The number of aryl methyl sites for hydroxylation is 1. The Morgan fingerprint density at radius 1 is 1.48 bits per heavy atom. The van der Waals surface area contributed by atoms with Crippen LogP contribution in [0.3, 0.4) is 0 Å². The Kier molecular flexibility index (Phi) is 4.32. The van der Waals surface area contributed by atoms with Gasteiger partial charge in [0.05, 0.1) is 12.0 Å². The molecule has 110 valence electrons. The van der Waals surface area contributed by atoms with E-state index in [1.54, 1.807) is 55.5 Å². The molecule has 7 heteroatoms. The molecule has 0 fully saturated rings. The first-order chi connectivity index (χ1) is 9.99. The van der Waals surface area contributed by atoms with Gasteiger partial charge in [-0.2, -0.15) is 4.79 Å². The first kappa shape index (κ1) is 14.7. The van der Waals surface area contributed by atoms with E-state index in [0.29, 0.717) is 5.56 Å². The smallest absolute Gasteiger partial charge is 0.430 e. The summed E-state index contributed by atoms with van der Waals surface area (Å²) in [6.45, 7) is 1.86. The van der Waals surface area contributed by atoms with Crippen molar-refractivity contribution in [1.29, 1.82) is 0 Å². The number of nitro benzene ring substituents is 1. The van der Waals surface area contributed by atoms with Crippen LogP contribution < -0.4 is 4.57 Å². The number of imidazole rings is 1. The lowest BCUT2D eigenvalue weighted by Gasteiger charge is -2.11. The van der Waals surface area contributed by atoms with Crippen molar-refractivity contribution in [2.75, 3.05) is 6.61 Å². The average molecular weight is 290 g/mol. The first-order valence-corrected chi connectivity index (χ1v) is 6.42. The quantitative estimate of drug-likeness (QED) is 0.490. The summed E-state index contributed by atoms with van der Waals surface area (Å²) >= 11 is 0. The number of hydrogen-bond donors (Lipinski definition) is 0. The molecule has 0 bridgehead atoms. The van der Waals surface area contributed by atoms with Gasteiger partial charge in [0.2, 0.25) is 0 Å². The number of carbonyl (C=O) groups excluding carboxylic acids is 1. The van der Waals surface area contributed by atoms with Gasteiger partial charge >= 0.3 is 6.09 Å². The van der Waals surface area contributed by atoms with Crippen LogP contribution in [0.4, 0.5) is 10.5 Å². The number of nitrogens with zero attached hydrogens (tertiary/aromatic N) is 3. The maximum Gasteiger partial charge on any atom is 0.511 e. The van der Waals surface area contributed by atoms with Crippen LogP contribution in [-0.4, -0.2) is 22.2 Å². The zero-order valence-electron chi connectivity index (χ0n) is 11.8. The summed E-state index contributed by atoms with van der Waals surface area (Å²) in [5, 5.41) is 11.0. The van der Waals surface area contributed by atoms with Gasteiger partial charge in [0.25, 0.3) is 12.0 Å². The van der Waals surface area contributed by atoms with Crippen LogP contribution in [0, 0.1) is 10.1 Å². The summed E-state index contributed by atoms with van der Waals surface area (Å²) in [7, 11) is 1.79. The monoisotopic (exact) mass is 290 g/mol. The zero-order valence-corrected chi connectivity index (χ0v) is 11.8. The van der Waals surface area contributed by atoms with Crippen molar-refractivity contribution >= 4 is 11.8 Å². The van der Waals surface area contributed by atoms with Crippen LogP contribution in [-0.2, 0) is 11.8 Å². The third-order valence-electron chi connectivity index (χ3n) is 3.10. The molecule has 1 aromatic heterocycles. The summed E-state index contributed by atoms with van der Waals surface area (Å²) in [6, 6.07) is 6.46. The second kappa shape index (κ2) is 6.17. The lowest BCUT2D eigenvalue weighted by Crippen LogP contribution is -2.25. The minimum Gasteiger partial charge on any atom is -0.430 e. The minimum absolute atomic E-state index is 0.0356. The molecule has 2 rings (SSSR count). The van der Waals surface area contributed by atoms with Crippen LogP contribution in [0.15, 0.2) is 43.0 Å². The molecule has 7 nitrogen and oxygen atoms in total. The van der Waals surface area contributed by atoms with E-state index in [2.05, 4.69) is 0 Å². The summed E-state index contributed by atoms with van der Waals surface area (Å²) < 4.78 is 8.21. The molecule has 0 saturated heterocycles. The molecule has 0 N–H and O–H groups in total. The predicted octanol–water partition coefficient (Wildman–Crippen LogP) is 2.01. The number of aromatic nitrogens is 2. The Morgan fingerprint density at radius 3 is 2.81 bits per heavy atom. The highest BCUT2D eigenvalue weighted by molar-refractivity contribution is 5.69. The molecule has 0 aliphatic heterocycles. The topological polar surface area (TPSA) is 78.2 Å². The molecule has 1 atom stereocenters. The van der Waals surface area contributed by atoms with E-state index in [-0.39, 0.29) is 18.2 Å². The van der Waals surface area contributed by atoms with Gasteiger partial charge in [-0.1, -0.05) is 25.1 Å². The molecule has 1 unspecified atom stereocenters. The molecule has 2 aromatic rings. The number of rotatable bonds is 4. The van der Waals surface area contributed by atoms with E-state index in [1.807, 2.05) is 0 Å². The van der Waals surface area contributed by atoms with Gasteiger partial charge < -0.3 is 4.74 Å². The molecule has 0 spiro atoms. The van der Waals surface area contributed by atoms with E-state index < -0.39 is 11.0 Å². The van der Waals surface area contributed by atoms with Gasteiger partial charge in [0.1, 0.15) is 19.0 Å². The van der Waals surface area contributed by atoms with Crippen molar-refractivity contribution < 1.29 is 19.0 Å². The fourth-order valence-electron chi connectivity index (χ4n) is 1.99. The molecule has 0 radical (unpaired) electrons. The molecule has 0 amide bonds. The van der Waals surface area contributed by atoms with Crippen LogP contribution >= 0.6 is 0 Å². The van der Waals surface area contributed by atoms with Crippen molar-refractivity contribution in [1.82, 2.24) is 4.57 Å². The molecular weight excluding hydrogens is 274 g/mol. The van der Waals surface area contributed by atoms with E-state index >= 15 is 0 Å². The lowest BCUT2D eigenvalue weighted by atomic mass is 10.0. The molecule has 0 aliphatic rings. The fourth-order valence-corrected chi connectivity index (χ4v) is 1.99. The van der Waals surface area contributed by atoms with Crippen LogP contribution in [0.2, 0.25) is 0 Å². The van der Waals surface area contributed by atoms with Gasteiger partial charge in [-0.05, 0) is 0 Å². The Balaban J connectivity index is 2.04. The van der Waals surface area contributed by atoms with Crippen molar-refractivity contribution in [3.63, 3.8) is 0 Å². The molecule has 21 heavy (non-hydrogen) atoms. The van der Waals surface area contributed by atoms with E-state index in [4.69, 9.17) is 4.74 Å². The molecular formula is C14H16N3O4+. The van der Waals surface area contributed by atoms with Gasteiger partial charge in [0.15, 0.2) is 0 Å². The lowest BCUT2D eigenvalue weighted by molar-refractivity contribution is -0.670. The minimum atomic E-state index is -0.513. The Morgan fingerprint density at radius 2 is 2.19 bits per heavy atom. The number of carbonyl (C=O) groups is 1. The van der Waals surface area contributed by atoms with Crippen molar-refractivity contribution in [3.8, 4) is 0 Å². The maximum atomic E-state index is 11.8. The van der Waals surface area contributed by atoms with Crippen LogP contribution in [0.1, 0.15) is 18.4 Å².